The van der Waals surface area contributed by atoms with Gasteiger partial charge in [-0.15, -0.1) is 0 Å². The Kier molecular flexibility index (Phi) is 5.44. The number of thiocarbonyl (C=S) groups is 1. The quantitative estimate of drug-likeness (QED) is 0.682. The Morgan fingerprint density at radius 1 is 1.04 bits per heavy atom. The first-order chi connectivity index (χ1) is 13.1. The molecule has 2 aromatic carbocycles. The zero-order chi connectivity index (χ0) is 18.7. The smallest absolute Gasteiger partial charge is 0.257 e. The van der Waals surface area contributed by atoms with E-state index in [0.717, 1.165) is 12.0 Å². The fourth-order valence-corrected chi connectivity index (χ4v) is 4.86. The SMILES string of the molecule is Fc1cccc(CNC(=S)OC2CCC23CCC(c2ccccc2)CC3)c1. The summed E-state index contributed by atoms with van der Waals surface area (Å²) in [7, 11) is 0. The van der Waals surface area contributed by atoms with Crippen LogP contribution >= 0.6 is 12.2 Å². The first-order valence-corrected chi connectivity index (χ1v) is 10.3. The number of rotatable bonds is 4. The lowest BCUT2D eigenvalue weighted by Crippen LogP contribution is -2.50. The molecular weight excluding hydrogens is 357 g/mol. The van der Waals surface area contributed by atoms with Crippen LogP contribution in [0.2, 0.25) is 0 Å². The maximum atomic E-state index is 13.3. The van der Waals surface area contributed by atoms with Crippen LogP contribution in [0.3, 0.4) is 0 Å². The second-order valence-electron chi connectivity index (χ2n) is 7.96. The molecule has 1 atom stereocenters. The van der Waals surface area contributed by atoms with Crippen molar-refractivity contribution in [3.63, 3.8) is 0 Å². The molecule has 0 saturated heterocycles. The van der Waals surface area contributed by atoms with E-state index in [1.807, 2.05) is 6.07 Å². The molecule has 0 aliphatic heterocycles. The monoisotopic (exact) mass is 383 g/mol. The summed E-state index contributed by atoms with van der Waals surface area (Å²) in [5.74, 6) is 0.449. The zero-order valence-electron chi connectivity index (χ0n) is 15.5. The lowest BCUT2D eigenvalue weighted by Gasteiger charge is -2.52. The second kappa shape index (κ2) is 7.97. The van der Waals surface area contributed by atoms with Crippen LogP contribution in [0.1, 0.15) is 55.6 Å². The highest BCUT2D eigenvalue weighted by molar-refractivity contribution is 7.80. The third-order valence-electron chi connectivity index (χ3n) is 6.41. The maximum absolute atomic E-state index is 13.3. The van der Waals surface area contributed by atoms with Gasteiger partial charge in [-0.25, -0.2) is 4.39 Å². The van der Waals surface area contributed by atoms with Crippen LogP contribution < -0.4 is 5.32 Å². The molecule has 0 amide bonds. The molecule has 2 fully saturated rings. The number of hydrogen-bond donors (Lipinski definition) is 1. The third-order valence-corrected chi connectivity index (χ3v) is 6.66. The molecule has 1 unspecified atom stereocenters. The van der Waals surface area contributed by atoms with Gasteiger partial charge in [-0.05, 0) is 79.9 Å². The molecular formula is C23H26FNOS. The Morgan fingerprint density at radius 3 is 2.44 bits per heavy atom. The van der Waals surface area contributed by atoms with Gasteiger partial charge in [0.2, 0.25) is 0 Å². The van der Waals surface area contributed by atoms with Crippen molar-refractivity contribution < 1.29 is 9.13 Å². The Labute approximate surface area is 166 Å². The van der Waals surface area contributed by atoms with Crippen LogP contribution in [0.5, 0.6) is 0 Å². The first-order valence-electron chi connectivity index (χ1n) is 9.88. The van der Waals surface area contributed by atoms with Crippen molar-refractivity contribution in [1.29, 1.82) is 0 Å². The lowest BCUT2D eigenvalue weighted by atomic mass is 9.56. The van der Waals surface area contributed by atoms with Crippen LogP contribution in [0, 0.1) is 11.2 Å². The van der Waals surface area contributed by atoms with Gasteiger partial charge in [0.15, 0.2) is 0 Å². The molecule has 0 aromatic heterocycles. The number of benzene rings is 2. The van der Waals surface area contributed by atoms with Gasteiger partial charge in [0.05, 0.1) is 0 Å². The largest absolute Gasteiger partial charge is 0.467 e. The van der Waals surface area contributed by atoms with Gasteiger partial charge >= 0.3 is 0 Å². The predicted molar refractivity (Wildman–Crippen MR) is 110 cm³/mol. The molecule has 1 N–H and O–H groups in total. The minimum absolute atomic E-state index is 0.224. The number of halogens is 1. The highest BCUT2D eigenvalue weighted by Crippen LogP contribution is 2.55. The minimum Gasteiger partial charge on any atom is -0.467 e. The number of nitrogens with one attached hydrogen (secondary N) is 1. The number of hydrogen-bond acceptors (Lipinski definition) is 2. The van der Waals surface area contributed by atoms with Crippen molar-refractivity contribution in [2.75, 3.05) is 0 Å². The molecule has 0 radical (unpaired) electrons. The molecule has 4 rings (SSSR count). The third kappa shape index (κ3) is 4.16. The fourth-order valence-electron chi connectivity index (χ4n) is 4.67. The zero-order valence-corrected chi connectivity index (χ0v) is 16.3. The number of ether oxygens (including phenoxy) is 1. The summed E-state index contributed by atoms with van der Waals surface area (Å²) >= 11 is 5.39. The van der Waals surface area contributed by atoms with Crippen LogP contribution in [-0.4, -0.2) is 11.3 Å². The van der Waals surface area contributed by atoms with Crippen LogP contribution in [0.25, 0.3) is 0 Å². The van der Waals surface area contributed by atoms with Crippen molar-refractivity contribution in [1.82, 2.24) is 5.32 Å². The normalized spacial score (nSPS) is 27.0. The van der Waals surface area contributed by atoms with Gasteiger partial charge in [-0.2, -0.15) is 0 Å². The average molecular weight is 384 g/mol. The highest BCUT2D eigenvalue weighted by atomic mass is 32.1. The molecule has 0 bridgehead atoms. The van der Waals surface area contributed by atoms with E-state index in [4.69, 9.17) is 17.0 Å². The molecule has 2 aliphatic rings. The topological polar surface area (TPSA) is 21.3 Å². The van der Waals surface area contributed by atoms with E-state index in [0.29, 0.717) is 23.1 Å². The van der Waals surface area contributed by atoms with Gasteiger partial charge in [-0.1, -0.05) is 42.5 Å². The van der Waals surface area contributed by atoms with E-state index in [-0.39, 0.29) is 11.9 Å². The summed E-state index contributed by atoms with van der Waals surface area (Å²) in [5.41, 5.74) is 2.64. The molecule has 2 aromatic rings. The maximum Gasteiger partial charge on any atom is 0.257 e. The average Bonchev–Trinajstić information content (AvgIpc) is 2.70. The fraction of sp³-hybridized carbons (Fsp3) is 0.435. The van der Waals surface area contributed by atoms with E-state index < -0.39 is 0 Å². The van der Waals surface area contributed by atoms with Crippen LogP contribution in [-0.2, 0) is 11.3 Å². The Hall–Kier alpha value is -1.94. The predicted octanol–water partition coefficient (Wildman–Crippen LogP) is 5.72. The summed E-state index contributed by atoms with van der Waals surface area (Å²) in [4.78, 5) is 0. The first kappa shape index (κ1) is 18.4. The van der Waals surface area contributed by atoms with E-state index in [1.54, 1.807) is 6.07 Å². The van der Waals surface area contributed by atoms with Gasteiger partial charge in [0, 0.05) is 12.0 Å². The van der Waals surface area contributed by atoms with Crippen LogP contribution in [0.15, 0.2) is 54.6 Å². The second-order valence-corrected chi connectivity index (χ2v) is 8.33. The van der Waals surface area contributed by atoms with E-state index in [9.17, 15) is 4.39 Å². The Morgan fingerprint density at radius 2 is 1.78 bits per heavy atom. The summed E-state index contributed by atoms with van der Waals surface area (Å²) in [6.07, 6.45) is 7.43. The molecule has 2 saturated carbocycles. The van der Waals surface area contributed by atoms with E-state index >= 15 is 0 Å². The van der Waals surface area contributed by atoms with Crippen molar-refractivity contribution in [2.45, 2.75) is 57.1 Å². The van der Waals surface area contributed by atoms with Crippen molar-refractivity contribution in [3.8, 4) is 0 Å². The lowest BCUT2D eigenvalue weighted by molar-refractivity contribution is -0.0809. The van der Waals surface area contributed by atoms with Gasteiger partial charge in [0.1, 0.15) is 11.9 Å². The summed E-state index contributed by atoms with van der Waals surface area (Å²) in [5, 5.41) is 3.56. The Bertz CT molecular complexity index is 786. The van der Waals surface area contributed by atoms with E-state index in [1.165, 1.54) is 49.8 Å². The highest BCUT2D eigenvalue weighted by Gasteiger charge is 2.50. The standard InChI is InChI=1S/C23H26FNOS/c24-20-8-4-5-17(15-20)16-25-22(27)26-21-11-14-23(21)12-9-19(10-13-23)18-6-2-1-3-7-18/h1-8,15,19,21H,9-14,16H2,(H,25,27). The molecule has 142 valence electrons. The van der Waals surface area contributed by atoms with Crippen molar-refractivity contribution in [3.05, 3.63) is 71.5 Å². The molecule has 0 heterocycles. The molecule has 1 spiro atoms. The summed E-state index contributed by atoms with van der Waals surface area (Å²) in [6.45, 7) is 0.492. The van der Waals surface area contributed by atoms with Crippen molar-refractivity contribution in [2.24, 2.45) is 5.41 Å². The van der Waals surface area contributed by atoms with Gasteiger partial charge < -0.3 is 10.1 Å². The van der Waals surface area contributed by atoms with Crippen LogP contribution in [0.4, 0.5) is 4.39 Å². The minimum atomic E-state index is -0.228. The molecule has 2 nitrogen and oxygen atoms in total. The molecule has 2 aliphatic carbocycles. The summed E-state index contributed by atoms with van der Waals surface area (Å²) < 4.78 is 19.4. The van der Waals surface area contributed by atoms with Gasteiger partial charge in [0.25, 0.3) is 5.17 Å². The molecule has 27 heavy (non-hydrogen) atoms. The summed E-state index contributed by atoms with van der Waals surface area (Å²) in [6, 6.07) is 17.4. The molecule has 4 heteroatoms. The van der Waals surface area contributed by atoms with Gasteiger partial charge in [-0.3, -0.25) is 0 Å². The Balaban J connectivity index is 1.27. The van der Waals surface area contributed by atoms with E-state index in [2.05, 4.69) is 35.6 Å². The van der Waals surface area contributed by atoms with Crippen molar-refractivity contribution >= 4 is 17.4 Å².